The number of rotatable bonds is 1. The summed E-state index contributed by atoms with van der Waals surface area (Å²) in [5.41, 5.74) is 4.04. The molecule has 0 aliphatic rings. The van der Waals surface area contributed by atoms with Crippen molar-refractivity contribution in [3.8, 4) is 0 Å². The molecule has 0 bridgehead atoms. The summed E-state index contributed by atoms with van der Waals surface area (Å²) in [7, 11) is 0. The summed E-state index contributed by atoms with van der Waals surface area (Å²) in [5, 5.41) is 12.7. The number of nitrogens with two attached hydrogens (primary N) is 1. The SMILES string of the molecule is NNc1nnc2c3ccccc3c3ccccc3c2n1. The average Bonchev–Trinajstić information content (AvgIpc) is 2.54. The van der Waals surface area contributed by atoms with E-state index in [4.69, 9.17) is 5.84 Å². The Labute approximate surface area is 114 Å². The van der Waals surface area contributed by atoms with Crippen LogP contribution in [0.1, 0.15) is 0 Å². The number of aromatic nitrogens is 3. The third-order valence-corrected chi connectivity index (χ3v) is 3.47. The van der Waals surface area contributed by atoms with Crippen molar-refractivity contribution in [2.24, 2.45) is 5.84 Å². The van der Waals surface area contributed by atoms with E-state index in [0.717, 1.165) is 32.6 Å². The minimum absolute atomic E-state index is 0.318. The monoisotopic (exact) mass is 261 g/mol. The number of hydrogen-bond acceptors (Lipinski definition) is 5. The topological polar surface area (TPSA) is 76.7 Å². The van der Waals surface area contributed by atoms with Crippen LogP contribution in [0.4, 0.5) is 5.95 Å². The molecule has 1 heterocycles. The molecule has 5 heteroatoms. The fourth-order valence-corrected chi connectivity index (χ4v) is 2.61. The van der Waals surface area contributed by atoms with E-state index in [1.807, 2.05) is 36.4 Å². The fourth-order valence-electron chi connectivity index (χ4n) is 2.61. The zero-order chi connectivity index (χ0) is 13.5. The molecule has 20 heavy (non-hydrogen) atoms. The smallest absolute Gasteiger partial charge is 0.257 e. The second kappa shape index (κ2) is 4.11. The van der Waals surface area contributed by atoms with E-state index in [1.165, 1.54) is 0 Å². The lowest BCUT2D eigenvalue weighted by molar-refractivity contribution is 1.01. The largest absolute Gasteiger partial charge is 0.291 e. The van der Waals surface area contributed by atoms with Crippen molar-refractivity contribution in [1.82, 2.24) is 15.2 Å². The molecule has 3 N–H and O–H groups in total. The summed E-state index contributed by atoms with van der Waals surface area (Å²) >= 11 is 0. The number of hydrazine groups is 1. The molecule has 4 aromatic rings. The van der Waals surface area contributed by atoms with E-state index in [9.17, 15) is 0 Å². The van der Waals surface area contributed by atoms with Crippen LogP contribution in [0.3, 0.4) is 0 Å². The van der Waals surface area contributed by atoms with Gasteiger partial charge in [-0.25, -0.2) is 10.8 Å². The van der Waals surface area contributed by atoms with Gasteiger partial charge in [-0.1, -0.05) is 48.5 Å². The molecule has 0 aliphatic heterocycles. The number of fused-ring (bicyclic) bond motifs is 6. The van der Waals surface area contributed by atoms with Gasteiger partial charge >= 0.3 is 0 Å². The molecule has 0 saturated carbocycles. The molecule has 0 unspecified atom stereocenters. The van der Waals surface area contributed by atoms with Gasteiger partial charge in [-0.2, -0.15) is 0 Å². The maximum Gasteiger partial charge on any atom is 0.257 e. The van der Waals surface area contributed by atoms with E-state index in [0.29, 0.717) is 5.95 Å². The maximum absolute atomic E-state index is 5.38. The molecule has 0 saturated heterocycles. The molecule has 5 nitrogen and oxygen atoms in total. The highest BCUT2D eigenvalue weighted by molar-refractivity contribution is 6.22. The highest BCUT2D eigenvalue weighted by atomic mass is 15.3. The van der Waals surface area contributed by atoms with Gasteiger partial charge in [0.05, 0.1) is 0 Å². The average molecular weight is 261 g/mol. The van der Waals surface area contributed by atoms with Gasteiger partial charge in [-0.05, 0) is 10.8 Å². The Balaban J connectivity index is 2.35. The van der Waals surface area contributed by atoms with Crippen LogP contribution in [0.15, 0.2) is 48.5 Å². The van der Waals surface area contributed by atoms with Crippen LogP contribution in [-0.4, -0.2) is 15.2 Å². The lowest BCUT2D eigenvalue weighted by atomic mass is 10.00. The zero-order valence-electron chi connectivity index (χ0n) is 10.5. The summed E-state index contributed by atoms with van der Waals surface area (Å²) in [6.07, 6.45) is 0. The van der Waals surface area contributed by atoms with Crippen molar-refractivity contribution >= 4 is 38.5 Å². The Hall–Kier alpha value is -2.79. The number of benzene rings is 3. The summed E-state index contributed by atoms with van der Waals surface area (Å²) < 4.78 is 0. The Bertz CT molecular complexity index is 913. The molecule has 0 radical (unpaired) electrons. The van der Waals surface area contributed by atoms with E-state index in [1.54, 1.807) is 0 Å². The minimum Gasteiger partial charge on any atom is -0.291 e. The zero-order valence-corrected chi connectivity index (χ0v) is 10.5. The quantitative estimate of drug-likeness (QED) is 0.313. The lowest BCUT2D eigenvalue weighted by Crippen LogP contribution is -2.11. The van der Waals surface area contributed by atoms with Crippen molar-refractivity contribution in [2.75, 3.05) is 5.43 Å². The predicted molar refractivity (Wildman–Crippen MR) is 80.2 cm³/mol. The molecule has 0 spiro atoms. The molecule has 0 fully saturated rings. The predicted octanol–water partition coefficient (Wildman–Crippen LogP) is 2.62. The van der Waals surface area contributed by atoms with Crippen LogP contribution < -0.4 is 11.3 Å². The molecule has 96 valence electrons. The number of nitrogen functional groups attached to an aromatic ring is 1. The number of nitrogens with one attached hydrogen (secondary N) is 1. The van der Waals surface area contributed by atoms with Crippen molar-refractivity contribution in [1.29, 1.82) is 0 Å². The van der Waals surface area contributed by atoms with Gasteiger partial charge in [0.15, 0.2) is 0 Å². The lowest BCUT2D eigenvalue weighted by Gasteiger charge is -2.08. The molecule has 0 amide bonds. The second-order valence-electron chi connectivity index (χ2n) is 4.57. The highest BCUT2D eigenvalue weighted by Crippen LogP contribution is 2.32. The van der Waals surface area contributed by atoms with Gasteiger partial charge in [0.2, 0.25) is 0 Å². The van der Waals surface area contributed by atoms with Crippen LogP contribution >= 0.6 is 0 Å². The third kappa shape index (κ3) is 1.44. The molecular formula is C15H11N5. The van der Waals surface area contributed by atoms with E-state index in [2.05, 4.69) is 32.7 Å². The van der Waals surface area contributed by atoms with Gasteiger partial charge in [0.1, 0.15) is 11.0 Å². The van der Waals surface area contributed by atoms with Crippen molar-refractivity contribution < 1.29 is 0 Å². The molecule has 3 aromatic carbocycles. The molecule has 1 aromatic heterocycles. The minimum atomic E-state index is 0.318. The summed E-state index contributed by atoms with van der Waals surface area (Å²) in [4.78, 5) is 4.46. The van der Waals surface area contributed by atoms with Crippen LogP contribution in [0.5, 0.6) is 0 Å². The van der Waals surface area contributed by atoms with Crippen LogP contribution in [0.2, 0.25) is 0 Å². The number of hydrogen-bond donors (Lipinski definition) is 2. The first kappa shape index (κ1) is 11.1. The second-order valence-corrected chi connectivity index (χ2v) is 4.57. The first-order chi connectivity index (χ1) is 9.88. The van der Waals surface area contributed by atoms with Crippen molar-refractivity contribution in [3.63, 3.8) is 0 Å². The van der Waals surface area contributed by atoms with Gasteiger partial charge in [-0.3, -0.25) is 5.43 Å². The molecular weight excluding hydrogens is 250 g/mol. The van der Waals surface area contributed by atoms with Crippen LogP contribution in [0.25, 0.3) is 32.6 Å². The highest BCUT2D eigenvalue weighted by Gasteiger charge is 2.11. The van der Waals surface area contributed by atoms with Gasteiger partial charge < -0.3 is 0 Å². The van der Waals surface area contributed by atoms with Crippen molar-refractivity contribution in [2.45, 2.75) is 0 Å². The van der Waals surface area contributed by atoms with Crippen molar-refractivity contribution in [3.05, 3.63) is 48.5 Å². The van der Waals surface area contributed by atoms with E-state index in [-0.39, 0.29) is 0 Å². The standard InChI is InChI=1S/C15H11N5/c16-18-15-17-13-11-7-3-1-5-9(11)10-6-2-4-8-12(10)14(13)19-20-15/h1-8H,16H2,(H,17,18,20). The van der Waals surface area contributed by atoms with Crippen LogP contribution in [-0.2, 0) is 0 Å². The molecule has 4 rings (SSSR count). The summed E-state index contributed by atoms with van der Waals surface area (Å²) in [6.45, 7) is 0. The van der Waals surface area contributed by atoms with E-state index >= 15 is 0 Å². The normalized spacial score (nSPS) is 11.2. The first-order valence-corrected chi connectivity index (χ1v) is 6.29. The van der Waals surface area contributed by atoms with Crippen LogP contribution in [0, 0.1) is 0 Å². The van der Waals surface area contributed by atoms with Gasteiger partial charge in [-0.15, -0.1) is 10.2 Å². The van der Waals surface area contributed by atoms with E-state index < -0.39 is 0 Å². The Kier molecular flexibility index (Phi) is 2.27. The first-order valence-electron chi connectivity index (χ1n) is 6.29. The Morgan fingerprint density at radius 2 is 1.25 bits per heavy atom. The summed E-state index contributed by atoms with van der Waals surface area (Å²) in [6, 6.07) is 16.3. The molecule has 0 atom stereocenters. The third-order valence-electron chi connectivity index (χ3n) is 3.47. The number of nitrogens with zero attached hydrogens (tertiary/aromatic N) is 3. The van der Waals surface area contributed by atoms with Gasteiger partial charge in [0, 0.05) is 10.8 Å². The Morgan fingerprint density at radius 1 is 0.700 bits per heavy atom. The number of anilines is 1. The Morgan fingerprint density at radius 3 is 1.85 bits per heavy atom. The fraction of sp³-hybridized carbons (Fsp3) is 0. The summed E-state index contributed by atoms with van der Waals surface area (Å²) in [5.74, 6) is 5.70. The maximum atomic E-state index is 5.38. The molecule has 0 aliphatic carbocycles. The van der Waals surface area contributed by atoms with Gasteiger partial charge in [0.25, 0.3) is 5.95 Å².